The number of nitrogens with zero attached hydrogens (tertiary/aromatic N) is 5. The number of thioether (sulfide) groups is 2. The Balaban J connectivity index is 1.41. The van der Waals surface area contributed by atoms with E-state index in [1.54, 1.807) is 91.3 Å². The third-order valence-corrected chi connectivity index (χ3v) is 13.3. The normalized spacial score (nSPS) is 21.5. The second-order valence-electron chi connectivity index (χ2n) is 15.4. The van der Waals surface area contributed by atoms with Crippen LogP contribution in [-0.2, 0) is 42.6 Å². The van der Waals surface area contributed by atoms with E-state index in [9.17, 15) is 28.8 Å². The van der Waals surface area contributed by atoms with E-state index < -0.39 is 29.9 Å². The SMILES string of the molecule is C=C1CSCCCN(C)C(=O)[C@H](CC)NC(=O)[C@H](Cc2ccncc2)NC(=O)[C@@H]2CN(C(=O)c3cccc(Cl)c3)CCN2C(=O)CCN(C)C(=O)Cc2cccc(c2)CSC1. The number of nitrogens with one attached hydrogen (secondary N) is 2. The Labute approximate surface area is 372 Å². The lowest BCUT2D eigenvalue weighted by atomic mass is 10.0. The fraction of sp³-hybridized carbons (Fsp3) is 0.444. The number of rotatable bonds is 4. The van der Waals surface area contributed by atoms with E-state index in [0.29, 0.717) is 29.1 Å². The summed E-state index contributed by atoms with van der Waals surface area (Å²) in [5.41, 5.74) is 4.15. The lowest BCUT2D eigenvalue weighted by molar-refractivity contribution is -0.145. The molecule has 0 unspecified atom stereocenters. The van der Waals surface area contributed by atoms with Gasteiger partial charge >= 0.3 is 0 Å². The molecule has 2 aliphatic rings. The van der Waals surface area contributed by atoms with Crippen molar-refractivity contribution in [1.82, 2.24) is 35.2 Å². The lowest BCUT2D eigenvalue weighted by Crippen LogP contribution is -2.64. The summed E-state index contributed by atoms with van der Waals surface area (Å²) < 4.78 is 0. The third-order valence-electron chi connectivity index (χ3n) is 10.7. The van der Waals surface area contributed by atoms with Gasteiger partial charge in [-0.05, 0) is 65.6 Å². The summed E-state index contributed by atoms with van der Waals surface area (Å²) >= 11 is 9.75. The molecule has 0 spiro atoms. The molecule has 3 atom stereocenters. The van der Waals surface area contributed by atoms with Gasteiger partial charge in [0, 0.05) is 93.4 Å². The van der Waals surface area contributed by atoms with E-state index in [4.69, 9.17) is 11.6 Å². The number of benzene rings is 2. The molecule has 0 saturated carbocycles. The maximum absolute atomic E-state index is 14.5. The molecule has 2 aliphatic heterocycles. The second kappa shape index (κ2) is 23.4. The number of hydrogen-bond acceptors (Lipinski definition) is 9. The largest absolute Gasteiger partial charge is 0.345 e. The van der Waals surface area contributed by atoms with E-state index in [0.717, 1.165) is 46.1 Å². The van der Waals surface area contributed by atoms with Crippen LogP contribution in [-0.4, -0.2) is 142 Å². The zero-order valence-electron chi connectivity index (χ0n) is 35.1. The molecular weight excluding hydrogens is 834 g/mol. The van der Waals surface area contributed by atoms with Crippen LogP contribution in [0.2, 0.25) is 5.02 Å². The number of likely N-dealkylation sites (N-methyl/N-ethyl adjacent to an activating group) is 2. The molecule has 3 aromatic rings. The maximum atomic E-state index is 14.5. The summed E-state index contributed by atoms with van der Waals surface area (Å²) in [4.78, 5) is 93.6. The Bertz CT molecular complexity index is 2040. The Morgan fingerprint density at radius 1 is 0.820 bits per heavy atom. The highest BCUT2D eigenvalue weighted by Crippen LogP contribution is 2.21. The Morgan fingerprint density at radius 2 is 1.54 bits per heavy atom. The van der Waals surface area contributed by atoms with Crippen molar-refractivity contribution >= 4 is 70.6 Å². The average molecular weight is 891 g/mol. The molecule has 0 radical (unpaired) electrons. The van der Waals surface area contributed by atoms with Gasteiger partial charge in [0.25, 0.3) is 5.91 Å². The van der Waals surface area contributed by atoms with E-state index >= 15 is 0 Å². The van der Waals surface area contributed by atoms with E-state index in [1.807, 2.05) is 31.2 Å². The smallest absolute Gasteiger partial charge is 0.254 e. The van der Waals surface area contributed by atoms with Crippen LogP contribution in [0.4, 0.5) is 0 Å². The van der Waals surface area contributed by atoms with Gasteiger partial charge in [-0.2, -0.15) is 23.5 Å². The Kier molecular flexibility index (Phi) is 18.1. The summed E-state index contributed by atoms with van der Waals surface area (Å²) in [5.74, 6) is 0.882. The van der Waals surface area contributed by atoms with Gasteiger partial charge in [0.05, 0.1) is 13.0 Å². The highest BCUT2D eigenvalue weighted by atomic mass is 35.5. The number of aromatic nitrogens is 1. The van der Waals surface area contributed by atoms with E-state index in [-0.39, 0.29) is 69.1 Å². The number of carbonyl (C=O) groups is 6. The standard InChI is InChI=1S/C45H56ClN7O6S2/c1-5-37-45(59)51(4)18-8-22-60-28-31(2)29-61-30-34-10-6-9-33(23-34)25-41(55)50(3)19-15-40(54)53-21-20-52(44(58)35-11-7-12-36(46)26-35)27-39(53)43(57)49-38(42(56)48-37)24-32-13-16-47-17-14-32/h6-7,9-14,16-17,23,26,37-39H,2,5,8,15,18-22,24-25,27-30H2,1,3-4H3,(H,48,56)(H,49,57)/t37-,38-,39-/m0/s1. The van der Waals surface area contributed by atoms with Crippen molar-refractivity contribution in [2.24, 2.45) is 0 Å². The number of amides is 6. The summed E-state index contributed by atoms with van der Waals surface area (Å²) in [6.07, 6.45) is 4.42. The maximum Gasteiger partial charge on any atom is 0.254 e. The van der Waals surface area contributed by atoms with Crippen molar-refractivity contribution in [3.63, 3.8) is 0 Å². The fourth-order valence-corrected chi connectivity index (χ4v) is 9.25. The number of fused-ring (bicyclic) bond motifs is 3. The number of halogens is 1. The Hall–Kier alpha value is -4.86. The second-order valence-corrected chi connectivity index (χ2v) is 18.0. The number of pyridine rings is 1. The molecule has 5 rings (SSSR count). The number of carbonyl (C=O) groups excluding carboxylic acids is 6. The van der Waals surface area contributed by atoms with Crippen LogP contribution in [0.25, 0.3) is 0 Å². The van der Waals surface area contributed by atoms with Crippen molar-refractivity contribution in [1.29, 1.82) is 0 Å². The molecule has 13 nitrogen and oxygen atoms in total. The van der Waals surface area contributed by atoms with Crippen molar-refractivity contribution in [3.8, 4) is 0 Å². The zero-order chi connectivity index (χ0) is 43.9. The van der Waals surface area contributed by atoms with Crippen LogP contribution in [0.3, 0.4) is 0 Å². The zero-order valence-corrected chi connectivity index (χ0v) is 37.5. The van der Waals surface area contributed by atoms with Crippen LogP contribution in [0, 0.1) is 0 Å². The van der Waals surface area contributed by atoms with Crippen molar-refractivity contribution < 1.29 is 28.8 Å². The number of piperazine rings is 1. The first kappa shape index (κ1) is 47.2. The molecule has 0 aliphatic carbocycles. The summed E-state index contributed by atoms with van der Waals surface area (Å²) in [7, 11) is 3.37. The molecule has 2 bridgehead atoms. The van der Waals surface area contributed by atoms with Gasteiger partial charge < -0.3 is 30.2 Å². The molecule has 1 aromatic heterocycles. The molecular formula is C45H56ClN7O6S2. The lowest BCUT2D eigenvalue weighted by Gasteiger charge is -2.41. The van der Waals surface area contributed by atoms with Crippen molar-refractivity contribution in [2.75, 3.05) is 64.1 Å². The van der Waals surface area contributed by atoms with Crippen LogP contribution in [0.1, 0.15) is 53.2 Å². The monoisotopic (exact) mass is 889 g/mol. The molecule has 326 valence electrons. The quantitative estimate of drug-likeness (QED) is 0.362. The van der Waals surface area contributed by atoms with E-state index in [1.165, 1.54) is 14.7 Å². The minimum absolute atomic E-state index is 0.0392. The molecule has 1 fully saturated rings. The minimum atomic E-state index is -1.17. The topological polar surface area (TPSA) is 152 Å². The third kappa shape index (κ3) is 14.1. The summed E-state index contributed by atoms with van der Waals surface area (Å²) in [5, 5.41) is 6.15. The highest BCUT2D eigenvalue weighted by molar-refractivity contribution is 8.00. The van der Waals surface area contributed by atoms with E-state index in [2.05, 4.69) is 22.2 Å². The van der Waals surface area contributed by atoms with Crippen LogP contribution in [0.15, 0.2) is 85.2 Å². The van der Waals surface area contributed by atoms with Crippen molar-refractivity contribution in [3.05, 3.63) is 112 Å². The Morgan fingerprint density at radius 3 is 2.30 bits per heavy atom. The molecule has 6 amide bonds. The average Bonchev–Trinajstić information content (AvgIpc) is 3.26. The van der Waals surface area contributed by atoms with Gasteiger partial charge in [-0.1, -0.05) is 61.0 Å². The first-order chi connectivity index (χ1) is 29.3. The van der Waals surface area contributed by atoms with Crippen LogP contribution >= 0.6 is 35.1 Å². The molecule has 61 heavy (non-hydrogen) atoms. The molecule has 2 aromatic carbocycles. The molecule has 2 N–H and O–H groups in total. The molecule has 3 heterocycles. The predicted octanol–water partition coefficient (Wildman–Crippen LogP) is 4.49. The van der Waals surface area contributed by atoms with Gasteiger partial charge in [0.15, 0.2) is 0 Å². The first-order valence-corrected chi connectivity index (χ1v) is 23.2. The van der Waals surface area contributed by atoms with Crippen LogP contribution < -0.4 is 10.6 Å². The predicted molar refractivity (Wildman–Crippen MR) is 242 cm³/mol. The first-order valence-electron chi connectivity index (χ1n) is 20.6. The van der Waals surface area contributed by atoms with Gasteiger partial charge in [-0.3, -0.25) is 33.8 Å². The van der Waals surface area contributed by atoms with Crippen LogP contribution in [0.5, 0.6) is 0 Å². The number of hydrogen-bond donors (Lipinski definition) is 2. The van der Waals surface area contributed by atoms with Gasteiger partial charge in [0.1, 0.15) is 18.1 Å². The summed E-state index contributed by atoms with van der Waals surface area (Å²) in [6.45, 7) is 6.71. The summed E-state index contributed by atoms with van der Waals surface area (Å²) in [6, 6.07) is 14.8. The van der Waals surface area contributed by atoms with Crippen molar-refractivity contribution in [2.45, 2.75) is 62.9 Å². The van der Waals surface area contributed by atoms with Gasteiger partial charge in [-0.25, -0.2) is 0 Å². The fourth-order valence-electron chi connectivity index (χ4n) is 7.16. The van der Waals surface area contributed by atoms with Gasteiger partial charge in [-0.15, -0.1) is 0 Å². The molecule has 16 heteroatoms. The van der Waals surface area contributed by atoms with Gasteiger partial charge in [0.2, 0.25) is 29.5 Å². The molecule has 1 saturated heterocycles. The minimum Gasteiger partial charge on any atom is -0.345 e. The highest BCUT2D eigenvalue weighted by Gasteiger charge is 2.39.